The summed E-state index contributed by atoms with van der Waals surface area (Å²) in [6, 6.07) is 9.29. The van der Waals surface area contributed by atoms with Gasteiger partial charge in [0, 0.05) is 11.5 Å². The third-order valence-corrected chi connectivity index (χ3v) is 2.23. The number of benzene rings is 1. The van der Waals surface area contributed by atoms with Gasteiger partial charge in [-0.15, -0.1) is 0 Å². The predicted octanol–water partition coefficient (Wildman–Crippen LogP) is 3.05. The number of hydrogen-bond acceptors (Lipinski definition) is 3. The van der Waals surface area contributed by atoms with Crippen molar-refractivity contribution in [3.63, 3.8) is 0 Å². The largest absolute Gasteiger partial charge is 0.464 e. The zero-order valence-corrected chi connectivity index (χ0v) is 7.15. The molecule has 0 saturated heterocycles. The first-order chi connectivity index (χ1) is 6.88. The average molecular weight is 183 g/mol. The molecule has 3 nitrogen and oxygen atoms in total. The molecule has 3 heteroatoms. The summed E-state index contributed by atoms with van der Waals surface area (Å²) < 4.78 is 10.6. The molecule has 66 valence electrons. The second-order valence-electron chi connectivity index (χ2n) is 3.04. The molecule has 0 radical (unpaired) electrons. The molecule has 0 spiro atoms. The normalized spacial score (nSPS) is 10.8. The molecular weight excluding hydrogens is 178 g/mol. The molecule has 0 atom stereocenters. The number of fused-ring (bicyclic) bond motifs is 3. The van der Waals surface area contributed by atoms with Gasteiger partial charge in [-0.05, 0) is 18.2 Å². The highest BCUT2D eigenvalue weighted by Gasteiger charge is 2.08. The molecule has 2 aromatic heterocycles. The van der Waals surface area contributed by atoms with E-state index in [2.05, 4.69) is 0 Å². The first-order valence-corrected chi connectivity index (χ1v) is 4.18. The highest BCUT2D eigenvalue weighted by atomic mass is 16.3. The van der Waals surface area contributed by atoms with Crippen LogP contribution in [0.1, 0.15) is 5.76 Å². The lowest BCUT2D eigenvalue weighted by Crippen LogP contribution is -1.64. The van der Waals surface area contributed by atoms with Crippen LogP contribution in [-0.2, 0) is 0 Å². The maximum atomic E-state index is 8.69. The fraction of sp³-hybridized carbons (Fsp3) is 0. The van der Waals surface area contributed by atoms with Crippen LogP contribution in [-0.4, -0.2) is 0 Å². The van der Waals surface area contributed by atoms with Gasteiger partial charge in [0.05, 0.1) is 11.6 Å². The first-order valence-electron chi connectivity index (χ1n) is 4.18. The standard InChI is InChI=1S/C11H5NO2/c12-6-8-5-9-10(14-8)2-1-7-3-4-13-11(7)9/h1-5H. The molecule has 1 aromatic carbocycles. The second-order valence-corrected chi connectivity index (χ2v) is 3.04. The molecule has 0 fully saturated rings. The van der Waals surface area contributed by atoms with E-state index in [-0.39, 0.29) is 0 Å². The van der Waals surface area contributed by atoms with Crippen molar-refractivity contribution in [2.45, 2.75) is 0 Å². The van der Waals surface area contributed by atoms with Crippen LogP contribution in [0.4, 0.5) is 0 Å². The number of furan rings is 2. The van der Waals surface area contributed by atoms with E-state index in [0.29, 0.717) is 11.3 Å². The van der Waals surface area contributed by atoms with Crippen LogP contribution in [0.25, 0.3) is 21.9 Å². The predicted molar refractivity (Wildman–Crippen MR) is 50.7 cm³/mol. The van der Waals surface area contributed by atoms with Crippen molar-refractivity contribution >= 4 is 21.9 Å². The van der Waals surface area contributed by atoms with Gasteiger partial charge in [0.25, 0.3) is 0 Å². The molecule has 0 aliphatic carbocycles. The summed E-state index contributed by atoms with van der Waals surface area (Å²) in [6.07, 6.45) is 1.63. The Labute approximate surface area is 79.1 Å². The zero-order valence-electron chi connectivity index (χ0n) is 7.15. The van der Waals surface area contributed by atoms with Crippen LogP contribution in [0.3, 0.4) is 0 Å². The summed E-state index contributed by atoms with van der Waals surface area (Å²) in [5.41, 5.74) is 1.46. The highest BCUT2D eigenvalue weighted by molar-refractivity contribution is 6.02. The molecule has 0 saturated carbocycles. The minimum Gasteiger partial charge on any atom is -0.464 e. The van der Waals surface area contributed by atoms with E-state index in [0.717, 1.165) is 16.4 Å². The van der Waals surface area contributed by atoms with Gasteiger partial charge in [0.2, 0.25) is 5.76 Å². The van der Waals surface area contributed by atoms with Crippen LogP contribution in [0.15, 0.2) is 39.4 Å². The number of nitrogens with zero attached hydrogens (tertiary/aromatic N) is 1. The molecular formula is C11H5NO2. The van der Waals surface area contributed by atoms with Gasteiger partial charge in [0.15, 0.2) is 0 Å². The van der Waals surface area contributed by atoms with Gasteiger partial charge in [-0.25, -0.2) is 0 Å². The Kier molecular flexibility index (Phi) is 1.23. The summed E-state index contributed by atoms with van der Waals surface area (Å²) in [6.45, 7) is 0. The van der Waals surface area contributed by atoms with Crippen molar-refractivity contribution in [2.75, 3.05) is 0 Å². The van der Waals surface area contributed by atoms with Gasteiger partial charge in [-0.2, -0.15) is 5.26 Å². The lowest BCUT2D eigenvalue weighted by atomic mass is 10.2. The fourth-order valence-electron chi connectivity index (χ4n) is 1.60. The third-order valence-electron chi connectivity index (χ3n) is 2.23. The Balaban J connectivity index is 2.56. The third kappa shape index (κ3) is 0.798. The van der Waals surface area contributed by atoms with Gasteiger partial charge >= 0.3 is 0 Å². The summed E-state index contributed by atoms with van der Waals surface area (Å²) in [4.78, 5) is 0. The van der Waals surface area contributed by atoms with Gasteiger partial charge in [-0.3, -0.25) is 0 Å². The Morgan fingerprint density at radius 2 is 2.14 bits per heavy atom. The van der Waals surface area contributed by atoms with Gasteiger partial charge < -0.3 is 8.83 Å². The van der Waals surface area contributed by atoms with Crippen molar-refractivity contribution < 1.29 is 8.83 Å². The van der Waals surface area contributed by atoms with E-state index in [1.165, 1.54) is 0 Å². The lowest BCUT2D eigenvalue weighted by molar-refractivity contribution is 0.598. The molecule has 2 heterocycles. The van der Waals surface area contributed by atoms with E-state index >= 15 is 0 Å². The van der Waals surface area contributed by atoms with Gasteiger partial charge in [0.1, 0.15) is 17.2 Å². The molecule has 0 amide bonds. The van der Waals surface area contributed by atoms with Crippen LogP contribution in [0, 0.1) is 11.3 Å². The van der Waals surface area contributed by atoms with Crippen molar-refractivity contribution in [1.29, 1.82) is 5.26 Å². The monoisotopic (exact) mass is 183 g/mol. The van der Waals surface area contributed by atoms with E-state index < -0.39 is 0 Å². The highest BCUT2D eigenvalue weighted by Crippen LogP contribution is 2.28. The molecule has 14 heavy (non-hydrogen) atoms. The number of nitriles is 1. The van der Waals surface area contributed by atoms with Crippen molar-refractivity contribution in [3.8, 4) is 6.07 Å². The number of rotatable bonds is 0. The topological polar surface area (TPSA) is 50.1 Å². The van der Waals surface area contributed by atoms with Crippen molar-refractivity contribution in [1.82, 2.24) is 0 Å². The molecule has 0 N–H and O–H groups in total. The van der Waals surface area contributed by atoms with E-state index in [1.807, 2.05) is 24.3 Å². The SMILES string of the molecule is N#Cc1cc2c(ccc3ccoc32)o1. The van der Waals surface area contributed by atoms with E-state index in [1.54, 1.807) is 12.3 Å². The molecule has 3 rings (SSSR count). The fourth-order valence-corrected chi connectivity index (χ4v) is 1.60. The van der Waals surface area contributed by atoms with Crippen LogP contribution in [0.2, 0.25) is 0 Å². The minimum atomic E-state index is 0.309. The first kappa shape index (κ1) is 7.22. The quantitative estimate of drug-likeness (QED) is 0.538. The summed E-state index contributed by atoms with van der Waals surface area (Å²) in [5, 5.41) is 10.6. The molecule has 0 aliphatic heterocycles. The Morgan fingerprint density at radius 3 is 3.00 bits per heavy atom. The Hall–Kier alpha value is -2.21. The van der Waals surface area contributed by atoms with Crippen molar-refractivity contribution in [2.24, 2.45) is 0 Å². The van der Waals surface area contributed by atoms with Crippen LogP contribution < -0.4 is 0 Å². The Morgan fingerprint density at radius 1 is 1.21 bits per heavy atom. The maximum absolute atomic E-state index is 8.69. The maximum Gasteiger partial charge on any atom is 0.204 e. The van der Waals surface area contributed by atoms with Crippen LogP contribution >= 0.6 is 0 Å². The molecule has 0 aliphatic rings. The zero-order chi connectivity index (χ0) is 9.54. The second kappa shape index (κ2) is 2.39. The average Bonchev–Trinajstić information content (AvgIpc) is 2.82. The van der Waals surface area contributed by atoms with Crippen molar-refractivity contribution in [3.05, 3.63) is 36.3 Å². The summed E-state index contributed by atoms with van der Waals surface area (Å²) in [5.74, 6) is 0.309. The molecule has 3 aromatic rings. The number of hydrogen-bond donors (Lipinski definition) is 0. The smallest absolute Gasteiger partial charge is 0.204 e. The van der Waals surface area contributed by atoms with E-state index in [9.17, 15) is 0 Å². The van der Waals surface area contributed by atoms with Crippen LogP contribution in [0.5, 0.6) is 0 Å². The summed E-state index contributed by atoms with van der Waals surface area (Å²) in [7, 11) is 0. The molecule has 0 unspecified atom stereocenters. The van der Waals surface area contributed by atoms with Gasteiger partial charge in [-0.1, -0.05) is 0 Å². The summed E-state index contributed by atoms with van der Waals surface area (Å²) >= 11 is 0. The minimum absolute atomic E-state index is 0.309. The Bertz CT molecular complexity index is 655. The lowest BCUT2D eigenvalue weighted by Gasteiger charge is -1.88. The van der Waals surface area contributed by atoms with E-state index in [4.69, 9.17) is 14.1 Å². The molecule has 0 bridgehead atoms.